The molecule has 0 heterocycles. The molecule has 0 amide bonds. The van der Waals surface area contributed by atoms with Crippen molar-refractivity contribution < 1.29 is 18.3 Å². The standard InChI is InChI=1S/C30H20F2IO2S/c31-21-1-7-24(8-2-21)34-26-11-17-29(18-12-26)36(28-15-5-23(33)6-16-28)30-19-13-27(14-20-30)35-25-9-3-22(32)4-10-25/h1-20H/q+1. The molecule has 5 aromatic rings. The molecule has 0 aliphatic rings. The van der Waals surface area contributed by atoms with Crippen LogP contribution in [-0.4, -0.2) is 0 Å². The molecule has 0 aliphatic carbocycles. The van der Waals surface area contributed by atoms with Crippen molar-refractivity contribution in [3.05, 3.63) is 137 Å². The molecule has 6 heteroatoms. The van der Waals surface area contributed by atoms with E-state index in [0.717, 1.165) is 9.79 Å². The summed E-state index contributed by atoms with van der Waals surface area (Å²) in [5.74, 6) is 1.93. The Morgan fingerprint density at radius 3 is 1.03 bits per heavy atom. The van der Waals surface area contributed by atoms with Crippen molar-refractivity contribution in [2.45, 2.75) is 14.7 Å². The fourth-order valence-electron chi connectivity index (χ4n) is 3.54. The molecule has 0 bridgehead atoms. The molecule has 5 rings (SSSR count). The van der Waals surface area contributed by atoms with Crippen molar-refractivity contribution in [2.24, 2.45) is 0 Å². The second kappa shape index (κ2) is 11.1. The molecule has 0 saturated heterocycles. The van der Waals surface area contributed by atoms with E-state index in [4.69, 9.17) is 9.47 Å². The van der Waals surface area contributed by atoms with Gasteiger partial charge in [-0.1, -0.05) is 0 Å². The van der Waals surface area contributed by atoms with E-state index < -0.39 is 0 Å². The first-order valence-electron chi connectivity index (χ1n) is 11.1. The van der Waals surface area contributed by atoms with E-state index in [1.54, 1.807) is 24.3 Å². The second-order valence-corrected chi connectivity index (χ2v) is 11.1. The molecule has 0 radical (unpaired) electrons. The number of hydrogen-bond acceptors (Lipinski definition) is 2. The van der Waals surface area contributed by atoms with Gasteiger partial charge in [-0.05, 0) is 144 Å². The summed E-state index contributed by atoms with van der Waals surface area (Å²) in [6, 6.07) is 36.4. The highest BCUT2D eigenvalue weighted by atomic mass is 127. The molecule has 0 aromatic heterocycles. The molecule has 0 fully saturated rings. The van der Waals surface area contributed by atoms with Crippen molar-refractivity contribution in [3.8, 4) is 23.0 Å². The van der Waals surface area contributed by atoms with Crippen molar-refractivity contribution in [2.75, 3.05) is 0 Å². The molecule has 5 aromatic carbocycles. The van der Waals surface area contributed by atoms with Gasteiger partial charge in [0, 0.05) is 3.57 Å². The lowest BCUT2D eigenvalue weighted by atomic mass is 10.3. The topological polar surface area (TPSA) is 18.5 Å². The molecule has 0 saturated carbocycles. The Labute approximate surface area is 225 Å². The quantitative estimate of drug-likeness (QED) is 0.135. The number of rotatable bonds is 7. The lowest BCUT2D eigenvalue weighted by Gasteiger charge is -2.11. The van der Waals surface area contributed by atoms with Crippen LogP contribution in [0.3, 0.4) is 0 Å². The minimum Gasteiger partial charge on any atom is -0.457 e. The molecule has 0 unspecified atom stereocenters. The van der Waals surface area contributed by atoms with E-state index in [2.05, 4.69) is 71.1 Å². The zero-order valence-electron chi connectivity index (χ0n) is 18.9. The van der Waals surface area contributed by atoms with Crippen LogP contribution in [-0.2, 0) is 10.9 Å². The third-order valence-corrected chi connectivity index (χ3v) is 8.22. The van der Waals surface area contributed by atoms with Gasteiger partial charge < -0.3 is 9.47 Å². The van der Waals surface area contributed by atoms with E-state index in [0.29, 0.717) is 23.0 Å². The zero-order valence-corrected chi connectivity index (χ0v) is 21.9. The highest BCUT2D eigenvalue weighted by Crippen LogP contribution is 2.34. The van der Waals surface area contributed by atoms with Gasteiger partial charge in [0.25, 0.3) is 0 Å². The number of benzene rings is 5. The summed E-state index contributed by atoms with van der Waals surface area (Å²) in [6.07, 6.45) is 0. The van der Waals surface area contributed by atoms with Gasteiger partial charge in [0.15, 0.2) is 14.7 Å². The summed E-state index contributed by atoms with van der Waals surface area (Å²) in [5.41, 5.74) is 0. The maximum absolute atomic E-state index is 13.2. The van der Waals surface area contributed by atoms with Crippen LogP contribution in [0.1, 0.15) is 0 Å². The number of ether oxygens (including phenoxy) is 2. The molecule has 0 spiro atoms. The van der Waals surface area contributed by atoms with Crippen LogP contribution in [0.25, 0.3) is 0 Å². The average molecular weight is 609 g/mol. The smallest absolute Gasteiger partial charge is 0.166 e. The molecule has 0 atom stereocenters. The first-order valence-corrected chi connectivity index (χ1v) is 13.4. The molecular weight excluding hydrogens is 589 g/mol. The van der Waals surface area contributed by atoms with Crippen LogP contribution in [0.5, 0.6) is 23.0 Å². The Hall–Kier alpha value is -3.36. The number of hydrogen-bond donors (Lipinski definition) is 0. The Morgan fingerprint density at radius 1 is 0.417 bits per heavy atom. The van der Waals surface area contributed by atoms with Gasteiger partial charge in [-0.3, -0.25) is 0 Å². The highest BCUT2D eigenvalue weighted by molar-refractivity contribution is 14.1. The SMILES string of the molecule is Fc1ccc(Oc2ccc([S+](c3ccc(I)cc3)c3ccc(Oc4ccc(F)cc4)cc3)cc2)cc1. The van der Waals surface area contributed by atoms with E-state index in [-0.39, 0.29) is 22.5 Å². The molecular formula is C30H20F2IO2S+. The summed E-state index contributed by atoms with van der Waals surface area (Å²) in [7, 11) is -0.352. The van der Waals surface area contributed by atoms with E-state index in [9.17, 15) is 8.78 Å². The predicted molar refractivity (Wildman–Crippen MR) is 147 cm³/mol. The Balaban J connectivity index is 1.41. The largest absolute Gasteiger partial charge is 0.457 e. The average Bonchev–Trinajstić information content (AvgIpc) is 2.90. The fraction of sp³-hybridized carbons (Fsp3) is 0. The first-order chi connectivity index (χ1) is 17.5. The van der Waals surface area contributed by atoms with Crippen LogP contribution in [0.15, 0.2) is 136 Å². The lowest BCUT2D eigenvalue weighted by molar-refractivity contribution is 0.480. The maximum atomic E-state index is 13.2. The van der Waals surface area contributed by atoms with Gasteiger partial charge in [0.1, 0.15) is 34.6 Å². The molecule has 178 valence electrons. The van der Waals surface area contributed by atoms with Crippen molar-refractivity contribution in [3.63, 3.8) is 0 Å². The Morgan fingerprint density at radius 2 is 0.694 bits per heavy atom. The maximum Gasteiger partial charge on any atom is 0.166 e. The van der Waals surface area contributed by atoms with Crippen LogP contribution in [0.4, 0.5) is 8.78 Å². The van der Waals surface area contributed by atoms with Gasteiger partial charge >= 0.3 is 0 Å². The molecule has 0 N–H and O–H groups in total. The van der Waals surface area contributed by atoms with Crippen LogP contribution < -0.4 is 9.47 Å². The van der Waals surface area contributed by atoms with Gasteiger partial charge in [0.2, 0.25) is 0 Å². The number of halogens is 3. The van der Waals surface area contributed by atoms with Crippen molar-refractivity contribution in [1.29, 1.82) is 0 Å². The Kier molecular flexibility index (Phi) is 7.53. The summed E-state index contributed by atoms with van der Waals surface area (Å²) in [4.78, 5) is 3.46. The van der Waals surface area contributed by atoms with Crippen molar-refractivity contribution >= 4 is 33.5 Å². The van der Waals surface area contributed by atoms with E-state index in [1.807, 2.05) is 24.3 Å². The van der Waals surface area contributed by atoms with Crippen LogP contribution >= 0.6 is 22.6 Å². The summed E-state index contributed by atoms with van der Waals surface area (Å²) in [6.45, 7) is 0. The zero-order chi connectivity index (χ0) is 24.9. The summed E-state index contributed by atoms with van der Waals surface area (Å²) in [5, 5.41) is 0. The third kappa shape index (κ3) is 6.06. The van der Waals surface area contributed by atoms with Gasteiger partial charge in [-0.15, -0.1) is 0 Å². The fourth-order valence-corrected chi connectivity index (χ4v) is 5.94. The predicted octanol–water partition coefficient (Wildman–Crippen LogP) is 9.25. The summed E-state index contributed by atoms with van der Waals surface area (Å²) < 4.78 is 39.3. The third-order valence-electron chi connectivity index (χ3n) is 5.27. The minimum absolute atomic E-state index is 0.298. The molecule has 2 nitrogen and oxygen atoms in total. The lowest BCUT2D eigenvalue weighted by Crippen LogP contribution is -2.05. The van der Waals surface area contributed by atoms with Gasteiger partial charge in [-0.25, -0.2) is 8.78 Å². The molecule has 0 aliphatic heterocycles. The molecule has 36 heavy (non-hydrogen) atoms. The van der Waals surface area contributed by atoms with Crippen LogP contribution in [0, 0.1) is 15.2 Å². The minimum atomic E-state index is -0.352. The monoisotopic (exact) mass is 609 g/mol. The van der Waals surface area contributed by atoms with Crippen molar-refractivity contribution in [1.82, 2.24) is 0 Å². The van der Waals surface area contributed by atoms with E-state index >= 15 is 0 Å². The highest BCUT2D eigenvalue weighted by Gasteiger charge is 2.29. The first kappa shape index (κ1) is 24.3. The van der Waals surface area contributed by atoms with Gasteiger partial charge in [-0.2, -0.15) is 0 Å². The van der Waals surface area contributed by atoms with E-state index in [1.165, 1.54) is 32.7 Å². The van der Waals surface area contributed by atoms with Crippen LogP contribution in [0.2, 0.25) is 0 Å². The Bertz CT molecular complexity index is 1330. The summed E-state index contributed by atoms with van der Waals surface area (Å²) >= 11 is 2.31. The normalized spacial score (nSPS) is 10.9. The van der Waals surface area contributed by atoms with Gasteiger partial charge in [0.05, 0.1) is 10.9 Å². The second-order valence-electron chi connectivity index (χ2n) is 7.81.